The van der Waals surface area contributed by atoms with Crippen LogP contribution in [0, 0.1) is 0 Å². The molecule has 9 heteroatoms. The lowest BCUT2D eigenvalue weighted by Crippen LogP contribution is -2.44. The molecule has 164 valence electrons. The second-order valence-electron chi connectivity index (χ2n) is 6.19. The number of guanidine groups is 1. The number of aliphatic imine (C=N–C) groups is 1. The van der Waals surface area contributed by atoms with Gasteiger partial charge in [0.05, 0.1) is 24.2 Å². The van der Waals surface area contributed by atoms with Gasteiger partial charge in [0.25, 0.3) is 5.91 Å². The molecule has 0 saturated carbocycles. The molecule has 0 radical (unpaired) electrons. The molecule has 0 spiro atoms. The van der Waals surface area contributed by atoms with Crippen LogP contribution >= 0.6 is 35.6 Å². The van der Waals surface area contributed by atoms with Gasteiger partial charge in [0, 0.05) is 20.1 Å². The summed E-state index contributed by atoms with van der Waals surface area (Å²) in [5.74, 6) is 1.79. The molecule has 1 amide bonds. The summed E-state index contributed by atoms with van der Waals surface area (Å²) in [7, 11) is 3.30. The van der Waals surface area contributed by atoms with E-state index >= 15 is 0 Å². The Morgan fingerprint density at radius 1 is 1.03 bits per heavy atom. The number of nitrogens with zero attached hydrogens (tertiary/aromatic N) is 1. The average Bonchev–Trinajstić information content (AvgIpc) is 2.73. The molecule has 1 unspecified atom stereocenters. The zero-order valence-electron chi connectivity index (χ0n) is 17.3. The van der Waals surface area contributed by atoms with Crippen LogP contribution in [0.15, 0.2) is 53.5 Å². The molecule has 7 nitrogen and oxygen atoms in total. The number of benzene rings is 2. The Hall–Kier alpha value is -2.20. The summed E-state index contributed by atoms with van der Waals surface area (Å²) in [6.45, 7) is 3.44. The number of hydrogen-bond acceptors (Lipinski definition) is 4. The zero-order valence-corrected chi connectivity index (χ0v) is 20.4. The van der Waals surface area contributed by atoms with Gasteiger partial charge in [-0.2, -0.15) is 0 Å². The second kappa shape index (κ2) is 13.9. The van der Waals surface area contributed by atoms with E-state index in [1.54, 1.807) is 38.4 Å². The van der Waals surface area contributed by atoms with Gasteiger partial charge in [-0.25, -0.2) is 0 Å². The van der Waals surface area contributed by atoms with Crippen molar-refractivity contribution in [2.75, 3.05) is 33.8 Å². The van der Waals surface area contributed by atoms with Gasteiger partial charge in [0.15, 0.2) is 17.5 Å². The molecule has 1 atom stereocenters. The summed E-state index contributed by atoms with van der Waals surface area (Å²) in [6, 6.07) is 14.5. The molecule has 2 rings (SSSR count). The highest BCUT2D eigenvalue weighted by atomic mass is 127. The monoisotopic (exact) mass is 546 g/mol. The predicted molar refractivity (Wildman–Crippen MR) is 132 cm³/mol. The number of ether oxygens (including phenoxy) is 2. The van der Waals surface area contributed by atoms with E-state index in [0.29, 0.717) is 47.7 Å². The van der Waals surface area contributed by atoms with Gasteiger partial charge in [-0.05, 0) is 31.2 Å². The standard InChI is InChI=1S/C21H27ClN4O3.HI/c1-15(29-19-11-7-6-10-18(19)28-3)14-26-21(23-2)25-13-12-24-20(27)16-8-4-5-9-17(16)22;/h4-11,15H,12-14H2,1-3H3,(H,24,27)(H2,23,25,26);1H. The van der Waals surface area contributed by atoms with Gasteiger partial charge in [-0.3, -0.25) is 9.79 Å². The van der Waals surface area contributed by atoms with Crippen LogP contribution in [0.3, 0.4) is 0 Å². The minimum Gasteiger partial charge on any atom is -0.493 e. The van der Waals surface area contributed by atoms with Crippen molar-refractivity contribution in [3.63, 3.8) is 0 Å². The van der Waals surface area contributed by atoms with E-state index in [2.05, 4.69) is 20.9 Å². The second-order valence-corrected chi connectivity index (χ2v) is 6.60. The highest BCUT2D eigenvalue weighted by molar-refractivity contribution is 14.0. The fourth-order valence-corrected chi connectivity index (χ4v) is 2.75. The van der Waals surface area contributed by atoms with Crippen molar-refractivity contribution in [1.29, 1.82) is 0 Å². The smallest absolute Gasteiger partial charge is 0.252 e. The Morgan fingerprint density at radius 2 is 1.67 bits per heavy atom. The molecule has 0 aliphatic carbocycles. The van der Waals surface area contributed by atoms with Gasteiger partial charge in [-0.15, -0.1) is 24.0 Å². The van der Waals surface area contributed by atoms with Gasteiger partial charge in [0.1, 0.15) is 6.10 Å². The molecule has 0 aromatic heterocycles. The van der Waals surface area contributed by atoms with E-state index in [9.17, 15) is 4.79 Å². The number of carbonyl (C=O) groups is 1. The van der Waals surface area contributed by atoms with Crippen molar-refractivity contribution in [1.82, 2.24) is 16.0 Å². The van der Waals surface area contributed by atoms with Crippen LogP contribution < -0.4 is 25.4 Å². The Bertz CT molecular complexity index is 835. The first-order valence-corrected chi connectivity index (χ1v) is 9.70. The Kier molecular flexibility index (Phi) is 12.0. The van der Waals surface area contributed by atoms with Gasteiger partial charge >= 0.3 is 0 Å². The minimum absolute atomic E-state index is 0. The maximum atomic E-state index is 12.1. The topological polar surface area (TPSA) is 84.0 Å². The quantitative estimate of drug-likeness (QED) is 0.195. The normalized spacial score (nSPS) is 11.7. The number of rotatable bonds is 9. The Morgan fingerprint density at radius 3 is 2.33 bits per heavy atom. The summed E-state index contributed by atoms with van der Waals surface area (Å²) in [5.41, 5.74) is 0.457. The van der Waals surface area contributed by atoms with E-state index in [4.69, 9.17) is 21.1 Å². The lowest BCUT2D eigenvalue weighted by Gasteiger charge is -2.19. The van der Waals surface area contributed by atoms with E-state index in [0.717, 1.165) is 0 Å². The zero-order chi connectivity index (χ0) is 21.1. The van der Waals surface area contributed by atoms with Crippen LogP contribution in [0.1, 0.15) is 17.3 Å². The summed E-state index contributed by atoms with van der Waals surface area (Å²) in [6.07, 6.45) is -0.107. The molecule has 0 saturated heterocycles. The third-order valence-electron chi connectivity index (χ3n) is 4.00. The number of carbonyl (C=O) groups excluding carboxylic acids is 1. The number of para-hydroxylation sites is 2. The Balaban J connectivity index is 0.00000450. The molecule has 3 N–H and O–H groups in total. The highest BCUT2D eigenvalue weighted by Gasteiger charge is 2.10. The molecule has 0 heterocycles. The van der Waals surface area contributed by atoms with E-state index in [-0.39, 0.29) is 36.0 Å². The van der Waals surface area contributed by atoms with Crippen LogP contribution in [0.4, 0.5) is 0 Å². The summed E-state index contributed by atoms with van der Waals surface area (Å²) < 4.78 is 11.2. The van der Waals surface area contributed by atoms with E-state index < -0.39 is 0 Å². The third-order valence-corrected chi connectivity index (χ3v) is 4.33. The van der Waals surface area contributed by atoms with Crippen LogP contribution in [-0.2, 0) is 0 Å². The van der Waals surface area contributed by atoms with Gasteiger partial charge in [0.2, 0.25) is 0 Å². The van der Waals surface area contributed by atoms with E-state index in [1.807, 2.05) is 31.2 Å². The molecule has 0 aliphatic rings. The van der Waals surface area contributed by atoms with Crippen molar-refractivity contribution in [2.45, 2.75) is 13.0 Å². The largest absolute Gasteiger partial charge is 0.493 e. The number of amides is 1. The molecule has 30 heavy (non-hydrogen) atoms. The van der Waals surface area contributed by atoms with Gasteiger partial charge < -0.3 is 25.4 Å². The SMILES string of the molecule is CN=C(NCCNC(=O)c1ccccc1Cl)NCC(C)Oc1ccccc1OC.I. The van der Waals surface area contributed by atoms with Crippen molar-refractivity contribution in [2.24, 2.45) is 4.99 Å². The summed E-state index contributed by atoms with van der Waals surface area (Å²) in [5, 5.41) is 9.59. The molecule has 2 aromatic rings. The van der Waals surface area contributed by atoms with Crippen molar-refractivity contribution in [3.05, 3.63) is 59.1 Å². The molecule has 0 fully saturated rings. The highest BCUT2D eigenvalue weighted by Crippen LogP contribution is 2.26. The van der Waals surface area contributed by atoms with E-state index in [1.165, 1.54) is 0 Å². The molecular formula is C21H28ClIN4O3. The first-order valence-electron chi connectivity index (χ1n) is 9.32. The van der Waals surface area contributed by atoms with Crippen molar-refractivity contribution >= 4 is 47.4 Å². The Labute approximate surface area is 199 Å². The van der Waals surface area contributed by atoms with Crippen LogP contribution in [0.25, 0.3) is 0 Å². The number of halogens is 2. The fraction of sp³-hybridized carbons (Fsp3) is 0.333. The van der Waals surface area contributed by atoms with Crippen molar-refractivity contribution in [3.8, 4) is 11.5 Å². The third kappa shape index (κ3) is 8.27. The summed E-state index contributed by atoms with van der Waals surface area (Å²) in [4.78, 5) is 16.3. The minimum atomic E-state index is -0.209. The molecular weight excluding hydrogens is 519 g/mol. The maximum Gasteiger partial charge on any atom is 0.252 e. The number of hydrogen-bond donors (Lipinski definition) is 3. The maximum absolute atomic E-state index is 12.1. The predicted octanol–water partition coefficient (Wildman–Crippen LogP) is 3.33. The lowest BCUT2D eigenvalue weighted by molar-refractivity contribution is 0.0954. The first-order chi connectivity index (χ1) is 14.0. The van der Waals surface area contributed by atoms with Crippen molar-refractivity contribution < 1.29 is 14.3 Å². The average molecular weight is 547 g/mol. The first kappa shape index (κ1) is 25.8. The number of methoxy groups -OCH3 is 1. The van der Waals surface area contributed by atoms with Crippen LogP contribution in [0.5, 0.6) is 11.5 Å². The molecule has 0 aliphatic heterocycles. The fourth-order valence-electron chi connectivity index (χ4n) is 2.53. The lowest BCUT2D eigenvalue weighted by atomic mass is 10.2. The molecule has 2 aromatic carbocycles. The van der Waals surface area contributed by atoms with Gasteiger partial charge in [-0.1, -0.05) is 35.9 Å². The summed E-state index contributed by atoms with van der Waals surface area (Å²) >= 11 is 6.03. The number of nitrogens with one attached hydrogen (secondary N) is 3. The van der Waals surface area contributed by atoms with Crippen LogP contribution in [0.2, 0.25) is 5.02 Å². The van der Waals surface area contributed by atoms with Crippen LogP contribution in [-0.4, -0.2) is 51.8 Å². The molecule has 0 bridgehead atoms.